The van der Waals surface area contributed by atoms with Gasteiger partial charge in [-0.1, -0.05) is 5.92 Å². The Morgan fingerprint density at radius 2 is 2.00 bits per heavy atom. The van der Waals surface area contributed by atoms with Gasteiger partial charge in [0.1, 0.15) is 5.92 Å². The minimum absolute atomic E-state index is 0.522. The average molecular weight is 142 g/mol. The summed E-state index contributed by atoms with van der Waals surface area (Å²) in [5, 5.41) is 16.3. The molecule has 0 aromatic rings. The molecule has 2 N–H and O–H groups in total. The van der Waals surface area contributed by atoms with Crippen LogP contribution in [0.2, 0.25) is 0 Å². The molecule has 0 rings (SSSR count). The minimum atomic E-state index is -1.27. The summed E-state index contributed by atoms with van der Waals surface area (Å²) in [4.78, 5) is 20.0. The van der Waals surface area contributed by atoms with Gasteiger partial charge in [0.2, 0.25) is 0 Å². The average Bonchev–Trinajstić information content (AvgIpc) is 1.81. The fourth-order valence-corrected chi connectivity index (χ4v) is 0.392. The monoisotopic (exact) mass is 142 g/mol. The number of hydrogen-bond donors (Lipinski definition) is 2. The summed E-state index contributed by atoms with van der Waals surface area (Å²) < 4.78 is 0. The Balaban J connectivity index is 4.00. The second-order valence-corrected chi connectivity index (χ2v) is 1.66. The quantitative estimate of drug-likeness (QED) is 0.535. The smallest absolute Gasteiger partial charge is 0.319 e. The SMILES string of the molecule is C#CC(CC(=O)O)C(=O)O. The zero-order valence-electron chi connectivity index (χ0n) is 5.07. The topological polar surface area (TPSA) is 74.6 Å². The maximum absolute atomic E-state index is 10.1. The summed E-state index contributed by atoms with van der Waals surface area (Å²) in [7, 11) is 0. The number of rotatable bonds is 3. The summed E-state index contributed by atoms with van der Waals surface area (Å²) in [5.41, 5.74) is 0. The molecular formula is C6H6O4. The lowest BCUT2D eigenvalue weighted by atomic mass is 10.1. The number of aliphatic carboxylic acids is 2. The van der Waals surface area contributed by atoms with Crippen molar-refractivity contribution in [2.45, 2.75) is 6.42 Å². The van der Waals surface area contributed by atoms with E-state index in [1.807, 2.05) is 5.92 Å². The normalized spacial score (nSPS) is 11.5. The van der Waals surface area contributed by atoms with Crippen LogP contribution in [0.3, 0.4) is 0 Å². The molecule has 0 saturated carbocycles. The summed E-state index contributed by atoms with van der Waals surface area (Å²) in [6, 6.07) is 0. The molecule has 0 aliphatic heterocycles. The van der Waals surface area contributed by atoms with Crippen LogP contribution in [0.1, 0.15) is 6.42 Å². The molecule has 0 heterocycles. The maximum Gasteiger partial charge on any atom is 0.319 e. The lowest BCUT2D eigenvalue weighted by Gasteiger charge is -1.98. The summed E-state index contributed by atoms with van der Waals surface area (Å²) in [6.45, 7) is 0. The van der Waals surface area contributed by atoms with Crippen LogP contribution in [-0.4, -0.2) is 22.2 Å². The van der Waals surface area contributed by atoms with Crippen LogP contribution in [0.15, 0.2) is 0 Å². The molecule has 0 aromatic carbocycles. The lowest BCUT2D eigenvalue weighted by molar-refractivity contribution is -0.146. The number of carboxylic acids is 2. The zero-order valence-corrected chi connectivity index (χ0v) is 5.07. The molecule has 0 saturated heterocycles. The van der Waals surface area contributed by atoms with E-state index in [0.717, 1.165) is 0 Å². The van der Waals surface area contributed by atoms with Gasteiger partial charge in [-0.2, -0.15) is 0 Å². The molecule has 4 nitrogen and oxygen atoms in total. The Bertz CT molecular complexity index is 188. The first kappa shape index (κ1) is 8.50. The van der Waals surface area contributed by atoms with E-state index in [0.29, 0.717) is 0 Å². The summed E-state index contributed by atoms with van der Waals surface area (Å²) >= 11 is 0. The molecule has 0 amide bonds. The third-order valence-corrected chi connectivity index (χ3v) is 0.878. The number of carbonyl (C=O) groups is 2. The van der Waals surface area contributed by atoms with Crippen molar-refractivity contribution in [1.29, 1.82) is 0 Å². The van der Waals surface area contributed by atoms with Gasteiger partial charge in [-0.3, -0.25) is 9.59 Å². The molecule has 1 atom stereocenters. The highest BCUT2D eigenvalue weighted by Gasteiger charge is 2.17. The van der Waals surface area contributed by atoms with E-state index in [9.17, 15) is 9.59 Å². The van der Waals surface area contributed by atoms with E-state index in [4.69, 9.17) is 16.6 Å². The van der Waals surface area contributed by atoms with Gasteiger partial charge >= 0.3 is 11.9 Å². The van der Waals surface area contributed by atoms with Crippen LogP contribution in [-0.2, 0) is 9.59 Å². The Morgan fingerprint density at radius 3 is 2.10 bits per heavy atom. The molecule has 0 aromatic heterocycles. The third-order valence-electron chi connectivity index (χ3n) is 0.878. The zero-order chi connectivity index (χ0) is 8.15. The van der Waals surface area contributed by atoms with E-state index in [2.05, 4.69) is 0 Å². The van der Waals surface area contributed by atoms with Crippen LogP contribution in [0.4, 0.5) is 0 Å². The second-order valence-electron chi connectivity index (χ2n) is 1.66. The van der Waals surface area contributed by atoms with Gasteiger partial charge in [-0.25, -0.2) is 0 Å². The van der Waals surface area contributed by atoms with Crippen LogP contribution in [0.5, 0.6) is 0 Å². The van der Waals surface area contributed by atoms with Crippen molar-refractivity contribution in [1.82, 2.24) is 0 Å². The second kappa shape index (κ2) is 3.51. The van der Waals surface area contributed by atoms with Gasteiger partial charge in [0.25, 0.3) is 0 Å². The molecule has 1 unspecified atom stereocenters. The van der Waals surface area contributed by atoms with Crippen molar-refractivity contribution in [3.63, 3.8) is 0 Å². The van der Waals surface area contributed by atoms with E-state index in [1.165, 1.54) is 0 Å². The molecule has 0 bridgehead atoms. The first-order valence-corrected chi connectivity index (χ1v) is 2.48. The van der Waals surface area contributed by atoms with Crippen molar-refractivity contribution < 1.29 is 19.8 Å². The van der Waals surface area contributed by atoms with E-state index >= 15 is 0 Å². The summed E-state index contributed by atoms with van der Waals surface area (Å²) in [5.74, 6) is -1.83. The molecule has 0 radical (unpaired) electrons. The predicted octanol–water partition coefficient (Wildman–Crippen LogP) is -0.205. The Hall–Kier alpha value is -1.50. The largest absolute Gasteiger partial charge is 0.481 e. The van der Waals surface area contributed by atoms with Crippen LogP contribution in [0.25, 0.3) is 0 Å². The fraction of sp³-hybridized carbons (Fsp3) is 0.333. The standard InChI is InChI=1S/C6H6O4/c1-2-4(6(9)10)3-5(7)8/h1,4H,3H2,(H,7,8)(H,9,10). The molecule has 4 heteroatoms. The van der Waals surface area contributed by atoms with Crippen molar-refractivity contribution in [2.24, 2.45) is 5.92 Å². The minimum Gasteiger partial charge on any atom is -0.481 e. The molecule has 0 spiro atoms. The van der Waals surface area contributed by atoms with Crippen molar-refractivity contribution in [3.05, 3.63) is 0 Å². The predicted molar refractivity (Wildman–Crippen MR) is 32.2 cm³/mol. The van der Waals surface area contributed by atoms with Gasteiger partial charge in [0.15, 0.2) is 0 Å². The maximum atomic E-state index is 10.1. The van der Waals surface area contributed by atoms with Crippen LogP contribution in [0, 0.1) is 18.3 Å². The first-order valence-electron chi connectivity index (χ1n) is 2.48. The third kappa shape index (κ3) is 2.72. The highest BCUT2D eigenvalue weighted by atomic mass is 16.4. The van der Waals surface area contributed by atoms with Gasteiger partial charge in [0.05, 0.1) is 6.42 Å². The van der Waals surface area contributed by atoms with Crippen LogP contribution >= 0.6 is 0 Å². The number of terminal acetylenes is 1. The van der Waals surface area contributed by atoms with Gasteiger partial charge in [0, 0.05) is 0 Å². The van der Waals surface area contributed by atoms with Crippen molar-refractivity contribution in [3.8, 4) is 12.3 Å². The van der Waals surface area contributed by atoms with Gasteiger partial charge in [-0.05, 0) is 0 Å². The first-order chi connectivity index (χ1) is 4.57. The highest BCUT2D eigenvalue weighted by molar-refractivity contribution is 5.80. The number of carboxylic acid groups (broad SMARTS) is 2. The Labute approximate surface area is 57.5 Å². The van der Waals surface area contributed by atoms with Gasteiger partial charge < -0.3 is 10.2 Å². The van der Waals surface area contributed by atoms with Crippen molar-refractivity contribution in [2.75, 3.05) is 0 Å². The molecule has 0 aliphatic rings. The number of hydrogen-bond acceptors (Lipinski definition) is 2. The molecular weight excluding hydrogens is 136 g/mol. The van der Waals surface area contributed by atoms with E-state index < -0.39 is 24.3 Å². The van der Waals surface area contributed by atoms with E-state index in [1.54, 1.807) is 0 Å². The molecule has 54 valence electrons. The fourth-order valence-electron chi connectivity index (χ4n) is 0.392. The molecule has 0 aliphatic carbocycles. The molecule has 10 heavy (non-hydrogen) atoms. The Kier molecular flexibility index (Phi) is 2.98. The lowest BCUT2D eigenvalue weighted by Crippen LogP contribution is -2.15. The van der Waals surface area contributed by atoms with E-state index in [-0.39, 0.29) is 0 Å². The Morgan fingerprint density at radius 1 is 1.50 bits per heavy atom. The van der Waals surface area contributed by atoms with Crippen molar-refractivity contribution >= 4 is 11.9 Å². The van der Waals surface area contributed by atoms with Crippen LogP contribution < -0.4 is 0 Å². The summed E-state index contributed by atoms with van der Waals surface area (Å²) in [6.07, 6.45) is 4.21. The van der Waals surface area contributed by atoms with Gasteiger partial charge in [-0.15, -0.1) is 6.42 Å². The molecule has 0 fully saturated rings. The highest BCUT2D eigenvalue weighted by Crippen LogP contribution is 2.00.